The molecular weight excluding hydrogens is 234 g/mol. The monoisotopic (exact) mass is 253 g/mol. The molecule has 5 nitrogen and oxygen atoms in total. The summed E-state index contributed by atoms with van der Waals surface area (Å²) in [5.74, 6) is 0.995. The van der Waals surface area contributed by atoms with Gasteiger partial charge in [0.05, 0.1) is 27.2 Å². The second kappa shape index (κ2) is 7.55. The Morgan fingerprint density at radius 1 is 1.28 bits per heavy atom. The molecule has 0 heterocycles. The first-order valence-electron chi connectivity index (χ1n) is 5.72. The fourth-order valence-electron chi connectivity index (χ4n) is 1.49. The van der Waals surface area contributed by atoms with Crippen LogP contribution in [0, 0.1) is 0 Å². The number of esters is 1. The average molecular weight is 253 g/mol. The first-order valence-corrected chi connectivity index (χ1v) is 5.72. The highest BCUT2D eigenvalue weighted by Crippen LogP contribution is 2.28. The smallest absolute Gasteiger partial charge is 0.308 e. The van der Waals surface area contributed by atoms with Gasteiger partial charge in [-0.2, -0.15) is 0 Å². The Labute approximate surface area is 107 Å². The molecule has 0 aliphatic carbocycles. The van der Waals surface area contributed by atoms with E-state index in [9.17, 15) is 4.79 Å². The van der Waals surface area contributed by atoms with Gasteiger partial charge in [-0.3, -0.25) is 4.79 Å². The Balaban J connectivity index is 2.65. The number of methoxy groups -OCH3 is 2. The minimum absolute atomic E-state index is 0.218. The van der Waals surface area contributed by atoms with E-state index in [2.05, 4.69) is 10.1 Å². The largest absolute Gasteiger partial charge is 0.493 e. The third kappa shape index (κ3) is 4.25. The molecule has 0 aliphatic rings. The summed E-state index contributed by atoms with van der Waals surface area (Å²) in [4.78, 5) is 11.0. The van der Waals surface area contributed by atoms with Crippen molar-refractivity contribution in [2.24, 2.45) is 0 Å². The first-order chi connectivity index (χ1) is 8.71. The van der Waals surface area contributed by atoms with Crippen LogP contribution in [-0.4, -0.2) is 33.8 Å². The van der Waals surface area contributed by atoms with Crippen molar-refractivity contribution in [2.45, 2.75) is 13.0 Å². The third-order valence-electron chi connectivity index (χ3n) is 2.40. The number of nitrogens with one attached hydrogen (secondary N) is 1. The van der Waals surface area contributed by atoms with Crippen LogP contribution in [0.25, 0.3) is 0 Å². The van der Waals surface area contributed by atoms with Gasteiger partial charge in [-0.1, -0.05) is 6.07 Å². The van der Waals surface area contributed by atoms with Gasteiger partial charge in [0.15, 0.2) is 11.5 Å². The maximum Gasteiger partial charge on any atom is 0.308 e. The Kier molecular flexibility index (Phi) is 6.00. The van der Waals surface area contributed by atoms with Crippen molar-refractivity contribution in [2.75, 3.05) is 27.9 Å². The van der Waals surface area contributed by atoms with Gasteiger partial charge >= 0.3 is 5.97 Å². The highest BCUT2D eigenvalue weighted by molar-refractivity contribution is 5.69. The zero-order valence-electron chi connectivity index (χ0n) is 11.0. The summed E-state index contributed by atoms with van der Waals surface area (Å²) in [5, 5.41) is 3.06. The SMILES string of the molecule is CNCc1ccc(OC)c(OCCC(=O)OC)c1. The fraction of sp³-hybridized carbons (Fsp3) is 0.462. The Morgan fingerprint density at radius 3 is 2.67 bits per heavy atom. The molecule has 0 spiro atoms. The molecule has 0 unspecified atom stereocenters. The lowest BCUT2D eigenvalue weighted by molar-refractivity contribution is -0.141. The van der Waals surface area contributed by atoms with Crippen LogP contribution in [0.4, 0.5) is 0 Å². The molecule has 0 amide bonds. The number of carbonyl (C=O) groups is 1. The van der Waals surface area contributed by atoms with E-state index in [4.69, 9.17) is 9.47 Å². The van der Waals surface area contributed by atoms with E-state index in [0.717, 1.165) is 12.1 Å². The molecule has 0 radical (unpaired) electrons. The number of hydrogen-bond acceptors (Lipinski definition) is 5. The van der Waals surface area contributed by atoms with Crippen molar-refractivity contribution >= 4 is 5.97 Å². The summed E-state index contributed by atoms with van der Waals surface area (Å²) in [6.07, 6.45) is 0.218. The molecule has 0 atom stereocenters. The molecular formula is C13H19NO4. The quantitative estimate of drug-likeness (QED) is 0.743. The van der Waals surface area contributed by atoms with E-state index < -0.39 is 0 Å². The maximum absolute atomic E-state index is 11.0. The normalized spacial score (nSPS) is 9.94. The standard InChI is InChI=1S/C13H19NO4/c1-14-9-10-4-5-11(16-2)12(8-10)18-7-6-13(15)17-3/h4-5,8,14H,6-7,9H2,1-3H3. The number of rotatable bonds is 7. The number of benzene rings is 1. The van der Waals surface area contributed by atoms with E-state index in [1.54, 1.807) is 7.11 Å². The minimum atomic E-state index is -0.291. The molecule has 1 N–H and O–H groups in total. The van der Waals surface area contributed by atoms with Crippen molar-refractivity contribution in [1.82, 2.24) is 5.32 Å². The summed E-state index contributed by atoms with van der Waals surface area (Å²) < 4.78 is 15.3. The molecule has 18 heavy (non-hydrogen) atoms. The Morgan fingerprint density at radius 2 is 2.06 bits per heavy atom. The third-order valence-corrected chi connectivity index (χ3v) is 2.40. The van der Waals surface area contributed by atoms with E-state index in [-0.39, 0.29) is 19.0 Å². The predicted molar refractivity (Wildman–Crippen MR) is 67.9 cm³/mol. The molecule has 100 valence electrons. The molecule has 1 rings (SSSR count). The zero-order valence-corrected chi connectivity index (χ0v) is 11.0. The van der Waals surface area contributed by atoms with Gasteiger partial charge in [0.2, 0.25) is 0 Å². The van der Waals surface area contributed by atoms with Gasteiger partial charge in [0.25, 0.3) is 0 Å². The van der Waals surface area contributed by atoms with Gasteiger partial charge in [0.1, 0.15) is 0 Å². The highest BCUT2D eigenvalue weighted by atomic mass is 16.5. The molecule has 5 heteroatoms. The number of hydrogen-bond donors (Lipinski definition) is 1. The lowest BCUT2D eigenvalue weighted by Crippen LogP contribution is -2.09. The summed E-state index contributed by atoms with van der Waals surface area (Å²) in [5.41, 5.74) is 1.09. The zero-order chi connectivity index (χ0) is 13.4. The van der Waals surface area contributed by atoms with Gasteiger partial charge in [0, 0.05) is 6.54 Å². The molecule has 0 aliphatic heterocycles. The molecule has 1 aromatic carbocycles. The summed E-state index contributed by atoms with van der Waals surface area (Å²) >= 11 is 0. The van der Waals surface area contributed by atoms with Gasteiger partial charge in [-0.15, -0.1) is 0 Å². The van der Waals surface area contributed by atoms with E-state index in [1.165, 1.54) is 7.11 Å². The van der Waals surface area contributed by atoms with Crippen molar-refractivity contribution in [3.05, 3.63) is 23.8 Å². The summed E-state index contributed by atoms with van der Waals surface area (Å²) in [7, 11) is 4.82. The molecule has 0 fully saturated rings. The van der Waals surface area contributed by atoms with Gasteiger partial charge in [-0.05, 0) is 24.7 Å². The van der Waals surface area contributed by atoms with Crippen LogP contribution < -0.4 is 14.8 Å². The summed E-state index contributed by atoms with van der Waals surface area (Å²) in [6.45, 7) is 1.02. The lowest BCUT2D eigenvalue weighted by Gasteiger charge is -2.12. The fourth-order valence-corrected chi connectivity index (χ4v) is 1.49. The second-order valence-electron chi connectivity index (χ2n) is 3.69. The number of carbonyl (C=O) groups excluding carboxylic acids is 1. The van der Waals surface area contributed by atoms with Crippen LogP contribution in [0.15, 0.2) is 18.2 Å². The molecule has 0 aromatic heterocycles. The summed E-state index contributed by atoms with van der Waals surface area (Å²) in [6, 6.07) is 5.70. The maximum atomic E-state index is 11.0. The predicted octanol–water partition coefficient (Wildman–Crippen LogP) is 1.36. The second-order valence-corrected chi connectivity index (χ2v) is 3.69. The van der Waals surface area contributed by atoms with Crippen LogP contribution >= 0.6 is 0 Å². The van der Waals surface area contributed by atoms with E-state index in [1.807, 2.05) is 25.2 Å². The van der Waals surface area contributed by atoms with E-state index >= 15 is 0 Å². The van der Waals surface area contributed by atoms with E-state index in [0.29, 0.717) is 11.5 Å². The average Bonchev–Trinajstić information content (AvgIpc) is 2.39. The van der Waals surface area contributed by atoms with Crippen molar-refractivity contribution in [1.29, 1.82) is 0 Å². The number of ether oxygens (including phenoxy) is 3. The Bertz CT molecular complexity index is 393. The molecule has 0 bridgehead atoms. The lowest BCUT2D eigenvalue weighted by atomic mass is 10.2. The topological polar surface area (TPSA) is 56.8 Å². The molecule has 1 aromatic rings. The van der Waals surface area contributed by atoms with Crippen LogP contribution in [-0.2, 0) is 16.1 Å². The Hall–Kier alpha value is -1.75. The minimum Gasteiger partial charge on any atom is -0.493 e. The van der Waals surface area contributed by atoms with Crippen LogP contribution in [0.5, 0.6) is 11.5 Å². The molecule has 0 saturated carbocycles. The van der Waals surface area contributed by atoms with Gasteiger partial charge < -0.3 is 19.5 Å². The van der Waals surface area contributed by atoms with Crippen molar-refractivity contribution in [3.8, 4) is 11.5 Å². The van der Waals surface area contributed by atoms with Crippen LogP contribution in [0.2, 0.25) is 0 Å². The highest BCUT2D eigenvalue weighted by Gasteiger charge is 2.07. The van der Waals surface area contributed by atoms with Crippen molar-refractivity contribution < 1.29 is 19.0 Å². The first kappa shape index (κ1) is 14.3. The van der Waals surface area contributed by atoms with Gasteiger partial charge in [-0.25, -0.2) is 0 Å². The van der Waals surface area contributed by atoms with Crippen LogP contribution in [0.3, 0.4) is 0 Å². The van der Waals surface area contributed by atoms with Crippen molar-refractivity contribution in [3.63, 3.8) is 0 Å². The molecule has 0 saturated heterocycles. The van der Waals surface area contributed by atoms with Crippen LogP contribution in [0.1, 0.15) is 12.0 Å².